The fraction of sp³-hybridized carbons (Fsp3) is 0.500. The van der Waals surface area contributed by atoms with E-state index in [0.29, 0.717) is 5.92 Å². The minimum absolute atomic E-state index is 0.681. The van der Waals surface area contributed by atoms with Crippen LogP contribution in [0.5, 0.6) is 0 Å². The molecule has 3 aliphatic rings. The van der Waals surface area contributed by atoms with Gasteiger partial charge in [-0.3, -0.25) is 9.88 Å². The van der Waals surface area contributed by atoms with Gasteiger partial charge < -0.3 is 4.90 Å². The van der Waals surface area contributed by atoms with E-state index in [0.717, 1.165) is 12.1 Å². The van der Waals surface area contributed by atoms with E-state index in [-0.39, 0.29) is 0 Å². The van der Waals surface area contributed by atoms with Crippen molar-refractivity contribution in [3.05, 3.63) is 59.9 Å². The highest BCUT2D eigenvalue weighted by atomic mass is 15.3. The van der Waals surface area contributed by atoms with Gasteiger partial charge >= 0.3 is 0 Å². The molecule has 1 aliphatic carbocycles. The molecule has 3 heterocycles. The van der Waals surface area contributed by atoms with Gasteiger partial charge in [0, 0.05) is 48.7 Å². The van der Waals surface area contributed by atoms with Crippen LogP contribution in [0.4, 0.5) is 5.69 Å². The van der Waals surface area contributed by atoms with Crippen LogP contribution in [0.3, 0.4) is 0 Å². The molecule has 2 bridgehead atoms. The molecule has 3 nitrogen and oxygen atoms in total. The summed E-state index contributed by atoms with van der Waals surface area (Å²) in [5.41, 5.74) is 4.28. The lowest BCUT2D eigenvalue weighted by Gasteiger charge is -2.33. The molecule has 1 aromatic carbocycles. The van der Waals surface area contributed by atoms with Crippen molar-refractivity contribution in [2.45, 2.75) is 50.1 Å². The molecule has 3 heteroatoms. The highest BCUT2D eigenvalue weighted by molar-refractivity contribution is 5.49. The highest BCUT2D eigenvalue weighted by Crippen LogP contribution is 2.37. The second-order valence-electron chi connectivity index (χ2n) is 7.93. The minimum Gasteiger partial charge on any atom is -0.367 e. The Bertz CT molecular complexity index is 729. The number of piperidine rings is 1. The van der Waals surface area contributed by atoms with Crippen LogP contribution in [-0.2, 0) is 6.42 Å². The van der Waals surface area contributed by atoms with Gasteiger partial charge in [-0.2, -0.15) is 0 Å². The van der Waals surface area contributed by atoms with Crippen molar-refractivity contribution in [1.82, 2.24) is 9.88 Å². The van der Waals surface area contributed by atoms with Crippen LogP contribution in [0.2, 0.25) is 0 Å². The Morgan fingerprint density at radius 1 is 1.00 bits per heavy atom. The first-order valence-electron chi connectivity index (χ1n) is 9.88. The molecule has 3 atom stereocenters. The lowest BCUT2D eigenvalue weighted by Crippen LogP contribution is -2.41. The normalized spacial score (nSPS) is 28.3. The Balaban J connectivity index is 1.23. The average Bonchev–Trinajstić information content (AvgIpc) is 3.24. The summed E-state index contributed by atoms with van der Waals surface area (Å²) in [6.07, 6.45) is 8.41. The number of hydrogen-bond acceptors (Lipinski definition) is 3. The second kappa shape index (κ2) is 6.45. The van der Waals surface area contributed by atoms with Crippen LogP contribution >= 0.6 is 0 Å². The molecule has 25 heavy (non-hydrogen) atoms. The Labute approximate surface area is 150 Å². The van der Waals surface area contributed by atoms with Crippen molar-refractivity contribution in [2.24, 2.45) is 0 Å². The number of pyridine rings is 1. The molecule has 0 saturated carbocycles. The monoisotopic (exact) mass is 333 g/mol. The summed E-state index contributed by atoms with van der Waals surface area (Å²) in [6.45, 7) is 3.70. The number of hydrogen-bond donors (Lipinski definition) is 0. The molecule has 0 radical (unpaired) electrons. The predicted molar refractivity (Wildman–Crippen MR) is 102 cm³/mol. The van der Waals surface area contributed by atoms with Crippen LogP contribution < -0.4 is 4.90 Å². The first-order chi connectivity index (χ1) is 12.4. The summed E-state index contributed by atoms with van der Waals surface area (Å²) in [7, 11) is 0. The minimum atomic E-state index is 0.681. The van der Waals surface area contributed by atoms with Gasteiger partial charge in [-0.1, -0.05) is 24.3 Å². The van der Waals surface area contributed by atoms with Gasteiger partial charge in [0.1, 0.15) is 0 Å². The van der Waals surface area contributed by atoms with Crippen molar-refractivity contribution >= 4 is 5.69 Å². The van der Waals surface area contributed by atoms with Crippen molar-refractivity contribution in [1.29, 1.82) is 0 Å². The summed E-state index contributed by atoms with van der Waals surface area (Å²) in [5, 5.41) is 0. The predicted octanol–water partition coefficient (Wildman–Crippen LogP) is 3.85. The van der Waals surface area contributed by atoms with E-state index in [1.165, 1.54) is 68.7 Å². The Hall–Kier alpha value is -1.87. The third kappa shape index (κ3) is 2.85. The maximum atomic E-state index is 4.68. The Morgan fingerprint density at radius 2 is 1.92 bits per heavy atom. The van der Waals surface area contributed by atoms with Crippen molar-refractivity contribution < 1.29 is 0 Å². The molecular formula is C22H27N3. The summed E-state index contributed by atoms with van der Waals surface area (Å²) in [5.74, 6) is 0.681. The zero-order valence-electron chi connectivity index (χ0n) is 14.8. The highest BCUT2D eigenvalue weighted by Gasteiger charge is 2.39. The number of aromatic nitrogens is 1. The van der Waals surface area contributed by atoms with E-state index < -0.39 is 0 Å². The smallest absolute Gasteiger partial charge is 0.0467 e. The zero-order chi connectivity index (χ0) is 16.6. The fourth-order valence-corrected chi connectivity index (χ4v) is 5.26. The Kier molecular flexibility index (Phi) is 3.97. The lowest BCUT2D eigenvalue weighted by atomic mass is 9.98. The standard InChI is InChI=1S/C22H27N3/c1-2-6-19(7-3-1)25-16-21-15-20(25)11-14-24(21)13-10-18-9-8-17-5-4-12-23-22(17)18/h1-7,12,18,20-21H,8-11,13-16H2. The number of likely N-dealkylation sites (tertiary alicyclic amines) is 1. The van der Waals surface area contributed by atoms with Gasteiger partial charge in [-0.15, -0.1) is 0 Å². The summed E-state index contributed by atoms with van der Waals surface area (Å²) in [4.78, 5) is 10.1. The molecule has 1 aromatic heterocycles. The maximum absolute atomic E-state index is 4.68. The average molecular weight is 333 g/mol. The molecule has 2 saturated heterocycles. The molecular weight excluding hydrogens is 306 g/mol. The first-order valence-corrected chi connectivity index (χ1v) is 9.88. The van der Waals surface area contributed by atoms with Crippen molar-refractivity contribution in [2.75, 3.05) is 24.5 Å². The van der Waals surface area contributed by atoms with E-state index in [2.05, 4.69) is 57.2 Å². The van der Waals surface area contributed by atoms with Crippen LogP contribution in [-0.4, -0.2) is 41.6 Å². The number of nitrogens with zero attached hydrogens (tertiary/aromatic N) is 3. The molecule has 130 valence electrons. The number of fused-ring (bicyclic) bond motifs is 3. The Morgan fingerprint density at radius 3 is 2.84 bits per heavy atom. The fourth-order valence-electron chi connectivity index (χ4n) is 5.26. The van der Waals surface area contributed by atoms with E-state index in [1.54, 1.807) is 0 Å². The largest absolute Gasteiger partial charge is 0.367 e. The van der Waals surface area contributed by atoms with Gasteiger partial charge in [-0.05, 0) is 62.4 Å². The summed E-state index contributed by atoms with van der Waals surface area (Å²) >= 11 is 0. The first kappa shape index (κ1) is 15.4. The van der Waals surface area contributed by atoms with E-state index in [9.17, 15) is 0 Å². The van der Waals surface area contributed by atoms with Crippen molar-refractivity contribution in [3.8, 4) is 0 Å². The second-order valence-corrected chi connectivity index (χ2v) is 7.93. The van der Waals surface area contributed by atoms with Gasteiger partial charge in [-0.25, -0.2) is 0 Å². The zero-order valence-corrected chi connectivity index (χ0v) is 14.8. The van der Waals surface area contributed by atoms with E-state index >= 15 is 0 Å². The van der Waals surface area contributed by atoms with Gasteiger partial charge in [0.2, 0.25) is 0 Å². The third-order valence-electron chi connectivity index (χ3n) is 6.59. The summed E-state index contributed by atoms with van der Waals surface area (Å²) < 4.78 is 0. The van der Waals surface area contributed by atoms with E-state index in [1.807, 2.05) is 6.20 Å². The molecule has 3 unspecified atom stereocenters. The number of anilines is 1. The van der Waals surface area contributed by atoms with Gasteiger partial charge in [0.05, 0.1) is 0 Å². The van der Waals surface area contributed by atoms with Crippen molar-refractivity contribution in [3.63, 3.8) is 0 Å². The molecule has 5 rings (SSSR count). The summed E-state index contributed by atoms with van der Waals surface area (Å²) in [6, 6.07) is 16.8. The van der Waals surface area contributed by atoms with Crippen LogP contribution in [0.15, 0.2) is 48.7 Å². The van der Waals surface area contributed by atoms with Crippen LogP contribution in [0.25, 0.3) is 0 Å². The van der Waals surface area contributed by atoms with Gasteiger partial charge in [0.25, 0.3) is 0 Å². The molecule has 0 amide bonds. The topological polar surface area (TPSA) is 19.4 Å². The maximum Gasteiger partial charge on any atom is 0.0467 e. The van der Waals surface area contributed by atoms with Crippen LogP contribution in [0.1, 0.15) is 42.9 Å². The molecule has 2 aromatic rings. The third-order valence-corrected chi connectivity index (χ3v) is 6.59. The molecule has 2 fully saturated rings. The number of benzene rings is 1. The van der Waals surface area contributed by atoms with E-state index in [4.69, 9.17) is 0 Å². The number of para-hydroxylation sites is 1. The quantitative estimate of drug-likeness (QED) is 0.847. The van der Waals surface area contributed by atoms with Gasteiger partial charge in [0.15, 0.2) is 0 Å². The molecule has 0 spiro atoms. The van der Waals surface area contributed by atoms with Crippen LogP contribution in [0, 0.1) is 0 Å². The SMILES string of the molecule is c1ccc(N2CC3CC2CCN3CCC2CCc3cccnc32)cc1. The number of rotatable bonds is 4. The number of aryl methyl sites for hydroxylation is 1. The lowest BCUT2D eigenvalue weighted by molar-refractivity contribution is 0.170. The molecule has 2 aliphatic heterocycles. The molecule has 0 N–H and O–H groups in total.